The third-order valence-electron chi connectivity index (χ3n) is 4.17. The fourth-order valence-electron chi connectivity index (χ4n) is 3.11. The second-order valence-electron chi connectivity index (χ2n) is 6.21. The molecule has 0 bridgehead atoms. The van der Waals surface area contributed by atoms with Crippen molar-refractivity contribution in [3.63, 3.8) is 0 Å². The molecule has 1 aliphatic carbocycles. The highest BCUT2D eigenvalue weighted by Crippen LogP contribution is 2.38. The summed E-state index contributed by atoms with van der Waals surface area (Å²) < 4.78 is 0. The van der Waals surface area contributed by atoms with Crippen molar-refractivity contribution in [1.82, 2.24) is 0 Å². The molecule has 0 radical (unpaired) electrons. The van der Waals surface area contributed by atoms with Gasteiger partial charge in [-0.05, 0) is 23.0 Å². The van der Waals surface area contributed by atoms with Crippen molar-refractivity contribution in [3.8, 4) is 0 Å². The van der Waals surface area contributed by atoms with E-state index in [9.17, 15) is 0 Å². The maximum atomic E-state index is 2.36. The van der Waals surface area contributed by atoms with E-state index in [1.54, 1.807) is 0 Å². The van der Waals surface area contributed by atoms with Crippen LogP contribution in [-0.2, 0) is 0 Å². The summed E-state index contributed by atoms with van der Waals surface area (Å²) in [6.45, 7) is 6.56. The number of allylic oxidation sites excluding steroid dienone is 4. The zero-order valence-electron chi connectivity index (χ0n) is 14.5. The van der Waals surface area contributed by atoms with Gasteiger partial charge in [-0.25, -0.2) is 0 Å². The van der Waals surface area contributed by atoms with Gasteiger partial charge in [0.1, 0.15) is 0 Å². The van der Waals surface area contributed by atoms with Gasteiger partial charge in [0.05, 0.1) is 0 Å². The second kappa shape index (κ2) is 9.15. The molecule has 0 aliphatic heterocycles. The van der Waals surface area contributed by atoms with Crippen LogP contribution in [-0.4, -0.2) is 0 Å². The summed E-state index contributed by atoms with van der Waals surface area (Å²) in [5.74, 6) is 1.50. The second-order valence-corrected chi connectivity index (χ2v) is 6.21. The van der Waals surface area contributed by atoms with E-state index in [0.29, 0.717) is 17.8 Å². The Labute approximate surface area is 141 Å². The van der Waals surface area contributed by atoms with Crippen LogP contribution >= 0.6 is 0 Å². The zero-order chi connectivity index (χ0) is 16.5. The smallest absolute Gasteiger partial charge is 0.0158 e. The molecule has 3 rings (SSSR count). The molecule has 0 saturated heterocycles. The molecule has 0 amide bonds. The van der Waals surface area contributed by atoms with E-state index in [1.165, 1.54) is 17.5 Å². The topological polar surface area (TPSA) is 0 Å². The van der Waals surface area contributed by atoms with Gasteiger partial charge in [-0.1, -0.05) is 112 Å². The van der Waals surface area contributed by atoms with E-state index < -0.39 is 0 Å². The third-order valence-corrected chi connectivity index (χ3v) is 4.17. The Morgan fingerprint density at radius 2 is 1.17 bits per heavy atom. The SMILES string of the molecule is CC1C=CC=CC1C(c1ccccc1)c1ccccc1.CCC. The molecule has 2 atom stereocenters. The van der Waals surface area contributed by atoms with E-state index in [1.807, 2.05) is 0 Å². The quantitative estimate of drug-likeness (QED) is 0.598. The lowest BCUT2D eigenvalue weighted by Crippen LogP contribution is -2.19. The summed E-state index contributed by atoms with van der Waals surface area (Å²) in [6.07, 6.45) is 10.3. The highest BCUT2D eigenvalue weighted by Gasteiger charge is 2.27. The first-order chi connectivity index (χ1) is 11.3. The van der Waals surface area contributed by atoms with Crippen LogP contribution in [0.15, 0.2) is 85.0 Å². The minimum Gasteiger partial charge on any atom is -0.0811 e. The molecule has 1 aliphatic rings. The van der Waals surface area contributed by atoms with Gasteiger partial charge in [0.25, 0.3) is 0 Å². The van der Waals surface area contributed by atoms with Crippen LogP contribution in [0.2, 0.25) is 0 Å². The number of benzene rings is 2. The van der Waals surface area contributed by atoms with Crippen molar-refractivity contribution in [2.75, 3.05) is 0 Å². The molecular formula is C23H28. The normalized spacial score (nSPS) is 19.3. The molecule has 0 heterocycles. The van der Waals surface area contributed by atoms with Crippen LogP contribution in [0, 0.1) is 11.8 Å². The predicted molar refractivity (Wildman–Crippen MR) is 102 cm³/mol. The van der Waals surface area contributed by atoms with Crippen LogP contribution in [0.4, 0.5) is 0 Å². The van der Waals surface area contributed by atoms with E-state index in [4.69, 9.17) is 0 Å². The monoisotopic (exact) mass is 304 g/mol. The molecule has 2 aromatic rings. The summed E-state index contributed by atoms with van der Waals surface area (Å²) in [6, 6.07) is 21.7. The highest BCUT2D eigenvalue weighted by atomic mass is 14.3. The average Bonchev–Trinajstić information content (AvgIpc) is 2.60. The van der Waals surface area contributed by atoms with Crippen LogP contribution < -0.4 is 0 Å². The lowest BCUT2D eigenvalue weighted by molar-refractivity contribution is 0.455. The summed E-state index contributed by atoms with van der Waals surface area (Å²) in [4.78, 5) is 0. The Hall–Kier alpha value is -2.08. The standard InChI is InChI=1S/C20H20.C3H8/c1-16-10-8-9-15-19(16)20(17-11-4-2-5-12-17)18-13-6-3-7-14-18;1-3-2/h2-16,19-20H,1H3;3H2,1-2H3. The average molecular weight is 304 g/mol. The number of hydrogen-bond donors (Lipinski definition) is 0. The molecular weight excluding hydrogens is 276 g/mol. The minimum atomic E-state index is 0.425. The zero-order valence-corrected chi connectivity index (χ0v) is 14.5. The molecule has 0 N–H and O–H groups in total. The maximum Gasteiger partial charge on any atom is 0.0158 e. The van der Waals surface area contributed by atoms with Crippen molar-refractivity contribution in [2.45, 2.75) is 33.1 Å². The first-order valence-corrected chi connectivity index (χ1v) is 8.72. The van der Waals surface area contributed by atoms with Crippen molar-refractivity contribution in [3.05, 3.63) is 96.1 Å². The van der Waals surface area contributed by atoms with Gasteiger partial charge in [-0.2, -0.15) is 0 Å². The summed E-state index contributed by atoms with van der Waals surface area (Å²) in [5, 5.41) is 0. The molecule has 2 unspecified atom stereocenters. The Bertz CT molecular complexity index is 568. The fraction of sp³-hybridized carbons (Fsp3) is 0.304. The lowest BCUT2D eigenvalue weighted by Gasteiger charge is -2.30. The van der Waals surface area contributed by atoms with Crippen molar-refractivity contribution >= 4 is 0 Å². The van der Waals surface area contributed by atoms with Crippen LogP contribution in [0.1, 0.15) is 44.2 Å². The van der Waals surface area contributed by atoms with E-state index in [0.717, 1.165) is 0 Å². The molecule has 0 aromatic heterocycles. The Balaban J connectivity index is 0.000000595. The van der Waals surface area contributed by atoms with E-state index in [2.05, 4.69) is 106 Å². The first kappa shape index (κ1) is 17.3. The highest BCUT2D eigenvalue weighted by molar-refractivity contribution is 5.36. The van der Waals surface area contributed by atoms with Crippen LogP contribution in [0.5, 0.6) is 0 Å². The fourth-order valence-corrected chi connectivity index (χ4v) is 3.11. The third kappa shape index (κ3) is 4.69. The molecule has 0 fully saturated rings. The van der Waals surface area contributed by atoms with Crippen LogP contribution in [0.3, 0.4) is 0 Å². The molecule has 120 valence electrons. The summed E-state index contributed by atoms with van der Waals surface area (Å²) >= 11 is 0. The van der Waals surface area contributed by atoms with Gasteiger partial charge < -0.3 is 0 Å². The Morgan fingerprint density at radius 1 is 0.739 bits per heavy atom. The molecule has 0 heteroatoms. The van der Waals surface area contributed by atoms with Gasteiger partial charge in [-0.15, -0.1) is 0 Å². The molecule has 23 heavy (non-hydrogen) atoms. The minimum absolute atomic E-state index is 0.425. The summed E-state index contributed by atoms with van der Waals surface area (Å²) in [5.41, 5.74) is 2.80. The Kier molecular flexibility index (Phi) is 6.87. The van der Waals surface area contributed by atoms with Gasteiger partial charge in [0.15, 0.2) is 0 Å². The lowest BCUT2D eigenvalue weighted by atomic mass is 9.73. The maximum absolute atomic E-state index is 2.36. The molecule has 0 nitrogen and oxygen atoms in total. The van der Waals surface area contributed by atoms with Crippen molar-refractivity contribution < 1.29 is 0 Å². The summed E-state index contributed by atoms with van der Waals surface area (Å²) in [7, 11) is 0. The van der Waals surface area contributed by atoms with Gasteiger partial charge >= 0.3 is 0 Å². The number of rotatable bonds is 3. The molecule has 0 saturated carbocycles. The Morgan fingerprint density at radius 3 is 1.61 bits per heavy atom. The predicted octanol–water partition coefficient (Wildman–Crippen LogP) is 6.61. The van der Waals surface area contributed by atoms with Gasteiger partial charge in [-0.3, -0.25) is 0 Å². The largest absolute Gasteiger partial charge is 0.0811 e. The van der Waals surface area contributed by atoms with Gasteiger partial charge in [0.2, 0.25) is 0 Å². The van der Waals surface area contributed by atoms with Gasteiger partial charge in [0, 0.05) is 5.92 Å². The number of hydrogen-bond acceptors (Lipinski definition) is 0. The first-order valence-electron chi connectivity index (χ1n) is 8.72. The molecule has 0 spiro atoms. The van der Waals surface area contributed by atoms with E-state index >= 15 is 0 Å². The van der Waals surface area contributed by atoms with E-state index in [-0.39, 0.29) is 0 Å². The van der Waals surface area contributed by atoms with Crippen molar-refractivity contribution in [2.24, 2.45) is 11.8 Å². The van der Waals surface area contributed by atoms with Crippen LogP contribution in [0.25, 0.3) is 0 Å². The van der Waals surface area contributed by atoms with Crippen molar-refractivity contribution in [1.29, 1.82) is 0 Å². The molecule has 2 aromatic carbocycles.